The first kappa shape index (κ1) is 21.7. The fraction of sp³-hybridized carbons (Fsp3) is 0.400. The largest absolute Gasteiger partial charge is 0.319 e. The SMILES string of the molecule is CCc1ccc2c(c1)sc(=NC(=O)C1CCCCN1S(=O)(=O)c1ccc(Cl)s1)n2C. The number of carbonyl (C=O) groups excluding carboxylic acids is 1. The minimum absolute atomic E-state index is 0.159. The summed E-state index contributed by atoms with van der Waals surface area (Å²) < 4.78 is 31.1. The van der Waals surface area contributed by atoms with Crippen LogP contribution in [0.3, 0.4) is 0 Å². The summed E-state index contributed by atoms with van der Waals surface area (Å²) in [5, 5.41) is 0. The second-order valence-corrected chi connectivity index (χ2v) is 12.1. The number of sulfonamides is 1. The minimum Gasteiger partial charge on any atom is -0.319 e. The van der Waals surface area contributed by atoms with E-state index < -0.39 is 22.0 Å². The number of nitrogens with zero attached hydrogens (tertiary/aromatic N) is 3. The lowest BCUT2D eigenvalue weighted by Gasteiger charge is -2.31. The first-order valence-corrected chi connectivity index (χ1v) is 13.2. The number of rotatable bonds is 4. The summed E-state index contributed by atoms with van der Waals surface area (Å²) in [7, 11) is -1.91. The molecule has 4 rings (SSSR count). The molecule has 1 aromatic carbocycles. The molecule has 1 fully saturated rings. The molecule has 3 aromatic rings. The van der Waals surface area contributed by atoms with E-state index in [1.165, 1.54) is 27.3 Å². The highest BCUT2D eigenvalue weighted by molar-refractivity contribution is 7.91. The Bertz CT molecular complexity index is 1270. The highest BCUT2D eigenvalue weighted by Crippen LogP contribution is 2.32. The zero-order chi connectivity index (χ0) is 21.5. The highest BCUT2D eigenvalue weighted by Gasteiger charge is 2.38. The average Bonchev–Trinajstić information content (AvgIpc) is 3.31. The molecule has 1 saturated heterocycles. The number of piperidine rings is 1. The van der Waals surface area contributed by atoms with Gasteiger partial charge in [-0.3, -0.25) is 4.79 Å². The number of carbonyl (C=O) groups is 1. The van der Waals surface area contributed by atoms with Crippen molar-refractivity contribution < 1.29 is 13.2 Å². The molecule has 0 radical (unpaired) electrons. The van der Waals surface area contributed by atoms with Gasteiger partial charge in [0.15, 0.2) is 4.80 Å². The molecule has 6 nitrogen and oxygen atoms in total. The number of hydrogen-bond donors (Lipinski definition) is 0. The van der Waals surface area contributed by atoms with Gasteiger partial charge in [0.05, 0.1) is 14.6 Å². The number of aromatic nitrogens is 1. The van der Waals surface area contributed by atoms with E-state index in [1.807, 2.05) is 17.7 Å². The lowest BCUT2D eigenvalue weighted by Crippen LogP contribution is -2.47. The predicted octanol–water partition coefficient (Wildman–Crippen LogP) is 4.19. The molecule has 1 aliphatic rings. The van der Waals surface area contributed by atoms with Crippen LogP contribution < -0.4 is 4.80 Å². The second kappa shape index (κ2) is 8.55. The van der Waals surface area contributed by atoms with Gasteiger partial charge in [0.2, 0.25) is 0 Å². The number of fused-ring (bicyclic) bond motifs is 1. The molecule has 30 heavy (non-hydrogen) atoms. The van der Waals surface area contributed by atoms with Crippen molar-refractivity contribution in [2.45, 2.75) is 42.9 Å². The third kappa shape index (κ3) is 4.01. The van der Waals surface area contributed by atoms with Crippen LogP contribution in [0, 0.1) is 0 Å². The summed E-state index contributed by atoms with van der Waals surface area (Å²) >= 11 is 8.39. The third-order valence-electron chi connectivity index (χ3n) is 5.34. The van der Waals surface area contributed by atoms with Crippen LogP contribution in [0.4, 0.5) is 0 Å². The molecule has 0 spiro atoms. The minimum atomic E-state index is -3.79. The number of thiophene rings is 1. The highest BCUT2D eigenvalue weighted by atomic mass is 35.5. The van der Waals surface area contributed by atoms with Gasteiger partial charge in [-0.25, -0.2) is 8.42 Å². The number of thiazole rings is 1. The molecular formula is C20H22ClN3O3S3. The maximum atomic E-state index is 13.1. The lowest BCUT2D eigenvalue weighted by molar-refractivity contribution is -0.122. The summed E-state index contributed by atoms with van der Waals surface area (Å²) in [5.41, 5.74) is 2.23. The van der Waals surface area contributed by atoms with E-state index in [0.717, 1.165) is 40.8 Å². The van der Waals surface area contributed by atoms with Crippen LogP contribution in [-0.2, 0) is 28.3 Å². The Kier molecular flexibility index (Phi) is 6.18. The molecule has 2 aromatic heterocycles. The van der Waals surface area contributed by atoms with E-state index in [9.17, 15) is 13.2 Å². The van der Waals surface area contributed by atoms with Gasteiger partial charge in [-0.2, -0.15) is 9.30 Å². The molecule has 3 heterocycles. The molecule has 0 saturated carbocycles. The lowest BCUT2D eigenvalue weighted by atomic mass is 10.0. The van der Waals surface area contributed by atoms with Crippen molar-refractivity contribution >= 4 is 60.4 Å². The van der Waals surface area contributed by atoms with Gasteiger partial charge in [0.25, 0.3) is 15.9 Å². The Morgan fingerprint density at radius 1 is 1.23 bits per heavy atom. The smallest absolute Gasteiger partial charge is 0.266 e. The first-order chi connectivity index (χ1) is 14.3. The van der Waals surface area contributed by atoms with Crippen LogP contribution in [0.25, 0.3) is 10.2 Å². The van der Waals surface area contributed by atoms with Crippen molar-refractivity contribution in [2.24, 2.45) is 12.0 Å². The molecule has 10 heteroatoms. The van der Waals surface area contributed by atoms with Crippen LogP contribution in [-0.4, -0.2) is 35.8 Å². The maximum Gasteiger partial charge on any atom is 0.266 e. The molecule has 1 atom stereocenters. The van der Waals surface area contributed by atoms with E-state index in [1.54, 1.807) is 6.07 Å². The van der Waals surface area contributed by atoms with Gasteiger partial charge in [0.1, 0.15) is 10.3 Å². The zero-order valence-corrected chi connectivity index (χ0v) is 19.9. The van der Waals surface area contributed by atoms with Crippen molar-refractivity contribution in [1.82, 2.24) is 8.87 Å². The Labute approximate surface area is 188 Å². The maximum absolute atomic E-state index is 13.1. The van der Waals surface area contributed by atoms with E-state index in [4.69, 9.17) is 11.6 Å². The van der Waals surface area contributed by atoms with Crippen molar-refractivity contribution in [3.8, 4) is 0 Å². The Morgan fingerprint density at radius 3 is 2.73 bits per heavy atom. The van der Waals surface area contributed by atoms with Gasteiger partial charge in [0, 0.05) is 13.6 Å². The number of hydrogen-bond acceptors (Lipinski definition) is 5. The topological polar surface area (TPSA) is 71.7 Å². The van der Waals surface area contributed by atoms with Gasteiger partial charge in [-0.1, -0.05) is 42.3 Å². The van der Waals surface area contributed by atoms with Crippen molar-refractivity contribution in [3.63, 3.8) is 0 Å². The van der Waals surface area contributed by atoms with Gasteiger partial charge < -0.3 is 4.57 Å². The average molecular weight is 484 g/mol. The van der Waals surface area contributed by atoms with Gasteiger partial charge in [-0.15, -0.1) is 11.3 Å². The molecular weight excluding hydrogens is 462 g/mol. The van der Waals surface area contributed by atoms with Crippen LogP contribution >= 0.6 is 34.3 Å². The molecule has 0 aliphatic carbocycles. The van der Waals surface area contributed by atoms with Gasteiger partial charge >= 0.3 is 0 Å². The van der Waals surface area contributed by atoms with Crippen LogP contribution in [0.1, 0.15) is 31.7 Å². The van der Waals surface area contributed by atoms with E-state index in [0.29, 0.717) is 22.1 Å². The number of halogens is 1. The molecule has 1 amide bonds. The Hall–Kier alpha value is -1.52. The van der Waals surface area contributed by atoms with Crippen molar-refractivity contribution in [1.29, 1.82) is 0 Å². The number of benzene rings is 1. The molecule has 0 N–H and O–H groups in total. The Morgan fingerprint density at radius 2 is 2.03 bits per heavy atom. The van der Waals surface area contributed by atoms with Crippen LogP contribution in [0.2, 0.25) is 4.34 Å². The second-order valence-electron chi connectivity index (χ2n) is 7.24. The van der Waals surface area contributed by atoms with E-state index in [2.05, 4.69) is 24.0 Å². The Balaban J connectivity index is 1.71. The fourth-order valence-corrected chi connectivity index (χ4v) is 8.02. The molecule has 0 bridgehead atoms. The monoisotopic (exact) mass is 483 g/mol. The first-order valence-electron chi connectivity index (χ1n) is 9.75. The number of amides is 1. The molecule has 160 valence electrons. The third-order valence-corrected chi connectivity index (χ3v) is 10.0. The molecule has 1 aliphatic heterocycles. The summed E-state index contributed by atoms with van der Waals surface area (Å²) in [6.45, 7) is 2.41. The quantitative estimate of drug-likeness (QED) is 0.558. The van der Waals surface area contributed by atoms with Crippen LogP contribution in [0.5, 0.6) is 0 Å². The van der Waals surface area contributed by atoms with E-state index in [-0.39, 0.29) is 4.21 Å². The van der Waals surface area contributed by atoms with Crippen molar-refractivity contribution in [3.05, 3.63) is 45.0 Å². The normalized spacial score (nSPS) is 18.9. The summed E-state index contributed by atoms with van der Waals surface area (Å²) in [6, 6.07) is 8.48. The standard InChI is InChI=1S/C20H22ClN3O3S3/c1-3-13-7-8-14-16(12-13)28-20(23(14)2)22-19(25)15-6-4-5-11-24(15)30(26,27)18-10-9-17(21)29-18/h7-10,12,15H,3-6,11H2,1-2H3. The van der Waals surface area contributed by atoms with Crippen LogP contribution in [0.15, 0.2) is 39.5 Å². The summed E-state index contributed by atoms with van der Waals surface area (Å²) in [5.74, 6) is -0.418. The zero-order valence-electron chi connectivity index (χ0n) is 16.7. The summed E-state index contributed by atoms with van der Waals surface area (Å²) in [6.07, 6.45) is 2.92. The van der Waals surface area contributed by atoms with E-state index >= 15 is 0 Å². The van der Waals surface area contributed by atoms with Crippen molar-refractivity contribution in [2.75, 3.05) is 6.54 Å². The summed E-state index contributed by atoms with van der Waals surface area (Å²) in [4.78, 5) is 18.0. The number of aryl methyl sites for hydroxylation is 2. The molecule has 1 unspecified atom stereocenters. The van der Waals surface area contributed by atoms with Gasteiger partial charge in [-0.05, 0) is 49.1 Å². The fourth-order valence-electron chi connectivity index (χ4n) is 3.67. The predicted molar refractivity (Wildman–Crippen MR) is 122 cm³/mol.